The van der Waals surface area contributed by atoms with E-state index in [0.717, 1.165) is 6.42 Å². The molecule has 1 rings (SSSR count). The first kappa shape index (κ1) is 17.4. The summed E-state index contributed by atoms with van der Waals surface area (Å²) in [7, 11) is -2.96. The molecule has 0 aliphatic carbocycles. The molecule has 0 saturated carbocycles. The summed E-state index contributed by atoms with van der Waals surface area (Å²) in [6.45, 7) is 8.87. The maximum Gasteiger partial charge on any atom is 0.241 e. The molecule has 6 heteroatoms. The molecule has 20 heavy (non-hydrogen) atoms. The summed E-state index contributed by atoms with van der Waals surface area (Å²) in [6, 6.07) is -0.124. The summed E-state index contributed by atoms with van der Waals surface area (Å²) in [4.78, 5) is 14.2. The van der Waals surface area contributed by atoms with Crippen molar-refractivity contribution in [3.63, 3.8) is 0 Å². The highest BCUT2D eigenvalue weighted by atomic mass is 32.2. The Morgan fingerprint density at radius 2 is 1.85 bits per heavy atom. The molecule has 0 bridgehead atoms. The van der Waals surface area contributed by atoms with Crippen LogP contribution >= 0.6 is 0 Å². The Hall–Kier alpha value is -0.620. The number of nitrogens with zero attached hydrogens (tertiary/aromatic N) is 1. The van der Waals surface area contributed by atoms with Crippen molar-refractivity contribution in [1.29, 1.82) is 0 Å². The number of carbonyl (C=O) groups excluding carboxylic acids is 1. The smallest absolute Gasteiger partial charge is 0.241 e. The lowest BCUT2D eigenvalue weighted by atomic mass is 10.0. The van der Waals surface area contributed by atoms with Gasteiger partial charge >= 0.3 is 0 Å². The zero-order chi connectivity index (χ0) is 15.5. The predicted molar refractivity (Wildman–Crippen MR) is 81.0 cm³/mol. The van der Waals surface area contributed by atoms with Gasteiger partial charge in [-0.25, -0.2) is 8.42 Å². The summed E-state index contributed by atoms with van der Waals surface area (Å²) in [6.07, 6.45) is 2.58. The lowest BCUT2D eigenvalue weighted by Gasteiger charge is -2.27. The molecule has 1 fully saturated rings. The normalized spacial score (nSPS) is 24.1. The number of carbonyl (C=O) groups is 1. The standard InChI is InChI=1S/C14H28N2O3S/c1-10(2)9-12-14(17)16(13(15-12)11(3)4)7-6-8-20(5,18)19/h10-13,15H,6-9H2,1-5H3. The van der Waals surface area contributed by atoms with Gasteiger partial charge in [0.15, 0.2) is 0 Å². The van der Waals surface area contributed by atoms with Crippen LogP contribution < -0.4 is 5.32 Å². The van der Waals surface area contributed by atoms with E-state index in [-0.39, 0.29) is 23.9 Å². The minimum Gasteiger partial charge on any atom is -0.325 e. The van der Waals surface area contributed by atoms with Crippen LogP contribution in [0.15, 0.2) is 0 Å². The van der Waals surface area contributed by atoms with Gasteiger partial charge in [-0.15, -0.1) is 0 Å². The minimum atomic E-state index is -2.96. The van der Waals surface area contributed by atoms with Crippen molar-refractivity contribution in [2.75, 3.05) is 18.6 Å². The second-order valence-corrected chi connectivity index (χ2v) is 8.81. The molecular formula is C14H28N2O3S. The van der Waals surface area contributed by atoms with Crippen molar-refractivity contribution in [2.45, 2.75) is 52.7 Å². The highest BCUT2D eigenvalue weighted by Gasteiger charge is 2.39. The van der Waals surface area contributed by atoms with Crippen molar-refractivity contribution >= 4 is 15.7 Å². The number of amides is 1. The Morgan fingerprint density at radius 1 is 1.25 bits per heavy atom. The zero-order valence-corrected chi connectivity index (χ0v) is 14.0. The molecule has 1 aliphatic heterocycles. The number of rotatable bonds is 7. The lowest BCUT2D eigenvalue weighted by molar-refractivity contribution is -0.130. The first-order valence-corrected chi connectivity index (χ1v) is 9.42. The van der Waals surface area contributed by atoms with Crippen molar-refractivity contribution < 1.29 is 13.2 Å². The van der Waals surface area contributed by atoms with Gasteiger partial charge in [0.05, 0.1) is 18.0 Å². The predicted octanol–water partition coefficient (Wildman–Crippen LogP) is 1.25. The number of nitrogens with one attached hydrogen (secondary N) is 1. The van der Waals surface area contributed by atoms with Gasteiger partial charge in [0.1, 0.15) is 9.84 Å². The van der Waals surface area contributed by atoms with Crippen molar-refractivity contribution in [2.24, 2.45) is 11.8 Å². The van der Waals surface area contributed by atoms with Gasteiger partial charge in [-0.1, -0.05) is 27.7 Å². The third-order valence-electron chi connectivity index (χ3n) is 3.54. The van der Waals surface area contributed by atoms with Crippen molar-refractivity contribution in [3.8, 4) is 0 Å². The largest absolute Gasteiger partial charge is 0.325 e. The summed E-state index contributed by atoms with van der Waals surface area (Å²) >= 11 is 0. The van der Waals surface area contributed by atoms with Gasteiger partial charge < -0.3 is 4.90 Å². The third kappa shape index (κ3) is 5.05. The molecule has 5 nitrogen and oxygen atoms in total. The average molecular weight is 304 g/mol. The Labute approximate surface area is 123 Å². The van der Waals surface area contributed by atoms with Crippen LogP contribution in [0.5, 0.6) is 0 Å². The fourth-order valence-electron chi connectivity index (χ4n) is 2.64. The SMILES string of the molecule is CC(C)CC1NC(C(C)C)N(CCCS(C)(=O)=O)C1=O. The quantitative estimate of drug-likeness (QED) is 0.769. The van der Waals surface area contributed by atoms with Crippen molar-refractivity contribution in [1.82, 2.24) is 10.2 Å². The van der Waals surface area contributed by atoms with E-state index < -0.39 is 9.84 Å². The lowest BCUT2D eigenvalue weighted by Crippen LogP contribution is -2.42. The second kappa shape index (κ2) is 6.89. The van der Waals surface area contributed by atoms with E-state index in [0.29, 0.717) is 24.8 Å². The van der Waals surface area contributed by atoms with E-state index >= 15 is 0 Å². The fraction of sp³-hybridized carbons (Fsp3) is 0.929. The van der Waals surface area contributed by atoms with E-state index in [4.69, 9.17) is 0 Å². The maximum absolute atomic E-state index is 12.4. The molecule has 1 amide bonds. The molecule has 118 valence electrons. The molecular weight excluding hydrogens is 276 g/mol. The van der Waals surface area contributed by atoms with Gasteiger partial charge in [0, 0.05) is 12.8 Å². The molecule has 0 aromatic heterocycles. The Balaban J connectivity index is 2.67. The molecule has 0 aromatic carbocycles. The summed E-state index contributed by atoms with van der Waals surface area (Å²) in [5.41, 5.74) is 0. The van der Waals surface area contributed by atoms with Crippen LogP contribution in [0, 0.1) is 11.8 Å². The van der Waals surface area contributed by atoms with Crippen LogP contribution in [0.1, 0.15) is 40.5 Å². The highest BCUT2D eigenvalue weighted by Crippen LogP contribution is 2.21. The van der Waals surface area contributed by atoms with E-state index in [1.54, 1.807) is 0 Å². The second-order valence-electron chi connectivity index (χ2n) is 6.55. The summed E-state index contributed by atoms with van der Waals surface area (Å²) in [5, 5.41) is 3.40. The van der Waals surface area contributed by atoms with Crippen LogP contribution in [0.25, 0.3) is 0 Å². The van der Waals surface area contributed by atoms with E-state index in [1.807, 2.05) is 4.90 Å². The zero-order valence-electron chi connectivity index (χ0n) is 13.2. The molecule has 0 radical (unpaired) electrons. The molecule has 2 unspecified atom stereocenters. The minimum absolute atomic E-state index is 0.0193. The summed E-state index contributed by atoms with van der Waals surface area (Å²) < 4.78 is 22.4. The number of hydrogen-bond donors (Lipinski definition) is 1. The first-order chi connectivity index (χ1) is 9.11. The van der Waals surface area contributed by atoms with E-state index in [1.165, 1.54) is 6.26 Å². The van der Waals surface area contributed by atoms with Crippen LogP contribution in [0.3, 0.4) is 0 Å². The van der Waals surface area contributed by atoms with E-state index in [9.17, 15) is 13.2 Å². The maximum atomic E-state index is 12.4. The molecule has 1 saturated heterocycles. The molecule has 2 atom stereocenters. The number of hydrogen-bond acceptors (Lipinski definition) is 4. The Morgan fingerprint density at radius 3 is 2.30 bits per heavy atom. The van der Waals surface area contributed by atoms with Crippen LogP contribution in [-0.4, -0.2) is 50.0 Å². The monoisotopic (exact) mass is 304 g/mol. The van der Waals surface area contributed by atoms with E-state index in [2.05, 4.69) is 33.0 Å². The van der Waals surface area contributed by atoms with Gasteiger partial charge in [0.2, 0.25) is 5.91 Å². The molecule has 1 heterocycles. The Bertz CT molecular complexity index is 432. The first-order valence-electron chi connectivity index (χ1n) is 7.36. The topological polar surface area (TPSA) is 66.5 Å². The van der Waals surface area contributed by atoms with Gasteiger partial charge in [-0.3, -0.25) is 10.1 Å². The highest BCUT2D eigenvalue weighted by molar-refractivity contribution is 7.90. The summed E-state index contributed by atoms with van der Waals surface area (Å²) in [5.74, 6) is 1.02. The molecule has 0 spiro atoms. The average Bonchev–Trinajstić information content (AvgIpc) is 2.55. The molecule has 1 aliphatic rings. The van der Waals surface area contributed by atoms with Crippen LogP contribution in [0.2, 0.25) is 0 Å². The van der Waals surface area contributed by atoms with Gasteiger partial charge in [-0.2, -0.15) is 0 Å². The van der Waals surface area contributed by atoms with Gasteiger partial charge in [0.25, 0.3) is 0 Å². The fourth-order valence-corrected chi connectivity index (χ4v) is 3.30. The van der Waals surface area contributed by atoms with Gasteiger partial charge in [-0.05, 0) is 24.7 Å². The molecule has 0 aromatic rings. The number of sulfone groups is 1. The van der Waals surface area contributed by atoms with Crippen molar-refractivity contribution in [3.05, 3.63) is 0 Å². The Kier molecular flexibility index (Phi) is 6.01. The van der Waals surface area contributed by atoms with Crippen LogP contribution in [-0.2, 0) is 14.6 Å². The van der Waals surface area contributed by atoms with Crippen LogP contribution in [0.4, 0.5) is 0 Å². The third-order valence-corrected chi connectivity index (χ3v) is 4.57. The molecule has 1 N–H and O–H groups in total.